The van der Waals surface area contributed by atoms with Gasteiger partial charge in [-0.1, -0.05) is 18.2 Å². The molecular weight excluding hydrogens is 422 g/mol. The van der Waals surface area contributed by atoms with Crippen LogP contribution < -0.4 is 5.32 Å². The molecule has 2 aromatic heterocycles. The molecular formula is C24H31N5O4. The molecule has 1 saturated heterocycles. The summed E-state index contributed by atoms with van der Waals surface area (Å²) in [5.74, 6) is -0.317. The van der Waals surface area contributed by atoms with E-state index in [0.717, 1.165) is 22.6 Å². The Hall–Kier alpha value is -2.98. The number of aliphatic hydroxyl groups is 2. The zero-order valence-electron chi connectivity index (χ0n) is 18.8. The van der Waals surface area contributed by atoms with E-state index in [-0.39, 0.29) is 5.91 Å². The summed E-state index contributed by atoms with van der Waals surface area (Å²) >= 11 is 0. The lowest BCUT2D eigenvalue weighted by atomic mass is 10.1. The van der Waals surface area contributed by atoms with Gasteiger partial charge >= 0.3 is 0 Å². The summed E-state index contributed by atoms with van der Waals surface area (Å²) in [6.45, 7) is 7.75. The Morgan fingerprint density at radius 3 is 2.64 bits per heavy atom. The predicted octanol–water partition coefficient (Wildman–Crippen LogP) is 1.56. The highest BCUT2D eigenvalue weighted by Gasteiger charge is 2.32. The summed E-state index contributed by atoms with van der Waals surface area (Å²) in [6.07, 6.45) is 3.08. The number of aliphatic imine (C=N–C) groups is 1. The number of amides is 1. The Morgan fingerprint density at radius 1 is 1.24 bits per heavy atom. The number of hydrogen-bond donors (Lipinski definition) is 3. The van der Waals surface area contributed by atoms with Crippen LogP contribution in [-0.4, -0.2) is 62.7 Å². The second-order valence-electron chi connectivity index (χ2n) is 7.94. The van der Waals surface area contributed by atoms with Crippen molar-refractivity contribution in [1.82, 2.24) is 20.2 Å². The van der Waals surface area contributed by atoms with Crippen LogP contribution in [0.2, 0.25) is 0 Å². The van der Waals surface area contributed by atoms with Crippen molar-refractivity contribution in [2.75, 3.05) is 6.54 Å². The number of carbonyl (C=O) groups is 1. The highest BCUT2D eigenvalue weighted by atomic mass is 16.6. The fraction of sp³-hybridized carbons (Fsp3) is 0.417. The van der Waals surface area contributed by atoms with Crippen molar-refractivity contribution >= 4 is 12.6 Å². The maximum absolute atomic E-state index is 12.3. The Labute approximate surface area is 193 Å². The molecule has 3 rings (SSSR count). The third kappa shape index (κ3) is 7.54. The Kier molecular flexibility index (Phi) is 9.20. The SMILES string of the molecule is C=N/C(=C\C)CN(Cc1ccccn1)Cc1ccc(CNC(=O)C2CC[C@@H](O)[C@@H](O)O2)cn1. The zero-order valence-corrected chi connectivity index (χ0v) is 18.8. The average Bonchev–Trinajstić information content (AvgIpc) is 2.84. The van der Waals surface area contributed by atoms with Gasteiger partial charge in [0.25, 0.3) is 0 Å². The van der Waals surface area contributed by atoms with E-state index in [2.05, 4.69) is 31.9 Å². The summed E-state index contributed by atoms with van der Waals surface area (Å²) in [4.78, 5) is 27.5. The second kappa shape index (κ2) is 12.3. The third-order valence-corrected chi connectivity index (χ3v) is 5.42. The lowest BCUT2D eigenvalue weighted by Crippen LogP contribution is -2.45. The number of nitrogens with zero attached hydrogens (tertiary/aromatic N) is 4. The van der Waals surface area contributed by atoms with Gasteiger partial charge in [0.2, 0.25) is 5.91 Å². The van der Waals surface area contributed by atoms with Gasteiger partial charge in [0.1, 0.15) is 12.2 Å². The average molecular weight is 454 g/mol. The summed E-state index contributed by atoms with van der Waals surface area (Å²) < 4.78 is 5.16. The highest BCUT2D eigenvalue weighted by Crippen LogP contribution is 2.18. The molecule has 176 valence electrons. The zero-order chi connectivity index (χ0) is 23.6. The van der Waals surface area contributed by atoms with E-state index in [0.29, 0.717) is 39.0 Å². The van der Waals surface area contributed by atoms with E-state index in [1.807, 2.05) is 43.3 Å². The van der Waals surface area contributed by atoms with Crippen LogP contribution in [0.5, 0.6) is 0 Å². The number of nitrogens with one attached hydrogen (secondary N) is 1. The normalized spacial score (nSPS) is 21.1. The number of hydrogen-bond acceptors (Lipinski definition) is 8. The highest BCUT2D eigenvalue weighted by molar-refractivity contribution is 5.80. The van der Waals surface area contributed by atoms with Crippen molar-refractivity contribution in [3.63, 3.8) is 0 Å². The fourth-order valence-corrected chi connectivity index (χ4v) is 3.52. The van der Waals surface area contributed by atoms with Gasteiger partial charge < -0.3 is 20.3 Å². The summed E-state index contributed by atoms with van der Waals surface area (Å²) in [5, 5.41) is 21.9. The molecule has 0 radical (unpaired) electrons. The first kappa shape index (κ1) is 24.7. The van der Waals surface area contributed by atoms with E-state index in [4.69, 9.17) is 4.74 Å². The maximum Gasteiger partial charge on any atom is 0.249 e. The molecule has 3 N–H and O–H groups in total. The first-order chi connectivity index (χ1) is 16.0. The molecule has 0 spiro atoms. The number of carbonyl (C=O) groups excluding carboxylic acids is 1. The number of rotatable bonds is 10. The number of aromatic nitrogens is 2. The minimum absolute atomic E-state index is 0.297. The molecule has 1 unspecified atom stereocenters. The van der Waals surface area contributed by atoms with Gasteiger partial charge in [0.15, 0.2) is 6.29 Å². The van der Waals surface area contributed by atoms with Gasteiger partial charge in [-0.05, 0) is 50.2 Å². The molecule has 0 aliphatic carbocycles. The second-order valence-corrected chi connectivity index (χ2v) is 7.94. The van der Waals surface area contributed by atoms with Crippen molar-refractivity contribution in [3.8, 4) is 0 Å². The standard InChI is InChI=1S/C24H31N5O4/c1-3-18(25-2)14-29(15-19-6-4-5-11-26-19)16-20-8-7-17(12-27-20)13-28-23(31)22-10-9-21(30)24(32)33-22/h3-8,11-12,21-22,24,30,32H,2,9-10,13-16H2,1H3,(H,28,31)/b18-3-/t21-,22?,24+/m1/s1. The summed E-state index contributed by atoms with van der Waals surface area (Å²) in [7, 11) is 0. The molecule has 0 saturated carbocycles. The van der Waals surface area contributed by atoms with Crippen LogP contribution in [0.4, 0.5) is 0 Å². The van der Waals surface area contributed by atoms with Gasteiger partial charge in [-0.25, -0.2) is 0 Å². The minimum atomic E-state index is -1.33. The molecule has 9 heteroatoms. The molecule has 1 fully saturated rings. The van der Waals surface area contributed by atoms with Gasteiger partial charge in [-0.15, -0.1) is 0 Å². The van der Waals surface area contributed by atoms with Gasteiger partial charge in [-0.3, -0.25) is 24.7 Å². The summed E-state index contributed by atoms with van der Waals surface area (Å²) in [6, 6.07) is 9.69. The first-order valence-corrected chi connectivity index (χ1v) is 11.0. The lowest BCUT2D eigenvalue weighted by molar-refractivity contribution is -0.215. The van der Waals surface area contributed by atoms with Gasteiger partial charge in [0, 0.05) is 44.3 Å². The first-order valence-electron chi connectivity index (χ1n) is 11.0. The number of aliphatic hydroxyl groups excluding tert-OH is 2. The molecule has 0 bridgehead atoms. The maximum atomic E-state index is 12.3. The van der Waals surface area contributed by atoms with Crippen LogP contribution in [0.15, 0.2) is 59.5 Å². The molecule has 1 aliphatic heterocycles. The van der Waals surface area contributed by atoms with Crippen molar-refractivity contribution in [1.29, 1.82) is 0 Å². The Bertz CT molecular complexity index is 936. The van der Waals surface area contributed by atoms with Crippen molar-refractivity contribution in [3.05, 3.63) is 71.4 Å². The largest absolute Gasteiger partial charge is 0.388 e. The van der Waals surface area contributed by atoms with Crippen LogP contribution in [0, 0.1) is 0 Å². The minimum Gasteiger partial charge on any atom is -0.388 e. The molecule has 2 aromatic rings. The molecule has 3 heterocycles. The predicted molar refractivity (Wildman–Crippen MR) is 124 cm³/mol. The van der Waals surface area contributed by atoms with Crippen LogP contribution in [0.25, 0.3) is 0 Å². The number of allylic oxidation sites excluding steroid dienone is 1. The Balaban J connectivity index is 1.56. The number of ether oxygens (including phenoxy) is 1. The van der Waals surface area contributed by atoms with E-state index >= 15 is 0 Å². The van der Waals surface area contributed by atoms with Crippen LogP contribution in [-0.2, 0) is 29.2 Å². The van der Waals surface area contributed by atoms with E-state index < -0.39 is 18.5 Å². The fourth-order valence-electron chi connectivity index (χ4n) is 3.52. The summed E-state index contributed by atoms with van der Waals surface area (Å²) in [5.41, 5.74) is 3.57. The molecule has 1 aliphatic rings. The van der Waals surface area contributed by atoms with Crippen LogP contribution in [0.1, 0.15) is 36.7 Å². The molecule has 0 aromatic carbocycles. The molecule has 33 heavy (non-hydrogen) atoms. The lowest BCUT2D eigenvalue weighted by Gasteiger charge is -2.29. The van der Waals surface area contributed by atoms with Crippen molar-refractivity contribution in [2.45, 2.75) is 57.9 Å². The van der Waals surface area contributed by atoms with E-state index in [9.17, 15) is 15.0 Å². The van der Waals surface area contributed by atoms with E-state index in [1.54, 1.807) is 12.4 Å². The molecule has 9 nitrogen and oxygen atoms in total. The third-order valence-electron chi connectivity index (χ3n) is 5.42. The van der Waals surface area contributed by atoms with Crippen LogP contribution >= 0.6 is 0 Å². The molecule has 1 amide bonds. The quantitative estimate of drug-likeness (QED) is 0.467. The molecule has 3 atom stereocenters. The van der Waals surface area contributed by atoms with Gasteiger partial charge in [-0.2, -0.15) is 0 Å². The van der Waals surface area contributed by atoms with Gasteiger partial charge in [0.05, 0.1) is 11.4 Å². The Morgan fingerprint density at radius 2 is 2.03 bits per heavy atom. The van der Waals surface area contributed by atoms with Crippen LogP contribution in [0.3, 0.4) is 0 Å². The van der Waals surface area contributed by atoms with Crippen molar-refractivity contribution < 1.29 is 19.7 Å². The van der Waals surface area contributed by atoms with E-state index in [1.165, 1.54) is 0 Å². The monoisotopic (exact) mass is 453 g/mol. The smallest absolute Gasteiger partial charge is 0.249 e. The number of pyridine rings is 2. The topological polar surface area (TPSA) is 120 Å². The van der Waals surface area contributed by atoms with Crippen molar-refractivity contribution in [2.24, 2.45) is 4.99 Å².